The van der Waals surface area contributed by atoms with E-state index in [2.05, 4.69) is 10.3 Å². The molecule has 7 nitrogen and oxygen atoms in total. The van der Waals surface area contributed by atoms with E-state index in [1.54, 1.807) is 48.5 Å². The van der Waals surface area contributed by atoms with Gasteiger partial charge in [-0.05, 0) is 54.2 Å². The summed E-state index contributed by atoms with van der Waals surface area (Å²) in [7, 11) is 0. The number of para-hydroxylation sites is 2. The Bertz CT molecular complexity index is 1190. The molecule has 0 saturated carbocycles. The molecule has 1 aliphatic rings. The second-order valence-electron chi connectivity index (χ2n) is 5.79. The van der Waals surface area contributed by atoms with Crippen molar-refractivity contribution in [2.45, 2.75) is 6.54 Å². The number of imide groups is 1. The standard InChI is InChI=1S/C19H12ClN3O4S/c20-11-5-7-12(8-6-11)27-17-18(25)23(14-4-2-1-3-13(14)21-17)10-9-15-16(24)22-19(26)28-15/h1-9H,10H2,(H,22,24,26)/b15-9+. The number of carbonyl (C=O) groups is 2. The normalized spacial score (nSPS) is 15.2. The molecule has 9 heteroatoms. The van der Waals surface area contributed by atoms with E-state index in [9.17, 15) is 14.4 Å². The van der Waals surface area contributed by atoms with Gasteiger partial charge >= 0.3 is 5.56 Å². The first-order valence-electron chi connectivity index (χ1n) is 8.17. The van der Waals surface area contributed by atoms with Crippen molar-refractivity contribution in [2.24, 2.45) is 0 Å². The fraction of sp³-hybridized carbons (Fsp3) is 0.0526. The van der Waals surface area contributed by atoms with Crippen LogP contribution in [0.5, 0.6) is 11.6 Å². The van der Waals surface area contributed by atoms with Gasteiger partial charge in [-0.2, -0.15) is 0 Å². The largest absolute Gasteiger partial charge is 0.435 e. The number of hydrogen-bond acceptors (Lipinski definition) is 6. The van der Waals surface area contributed by atoms with E-state index in [0.717, 1.165) is 11.8 Å². The van der Waals surface area contributed by atoms with Gasteiger partial charge in [0.25, 0.3) is 17.0 Å². The van der Waals surface area contributed by atoms with Gasteiger partial charge < -0.3 is 4.74 Å². The Kier molecular flexibility index (Phi) is 4.89. The molecule has 1 fully saturated rings. The van der Waals surface area contributed by atoms with Gasteiger partial charge in [0.15, 0.2) is 0 Å². The molecule has 1 N–H and O–H groups in total. The zero-order valence-electron chi connectivity index (χ0n) is 14.2. The number of rotatable bonds is 4. The van der Waals surface area contributed by atoms with Crippen LogP contribution in [0.15, 0.2) is 64.3 Å². The molecule has 2 amide bonds. The maximum Gasteiger partial charge on any atom is 0.314 e. The summed E-state index contributed by atoms with van der Waals surface area (Å²) in [5, 5.41) is 2.30. The number of amides is 2. The number of aromatic nitrogens is 2. The minimum Gasteiger partial charge on any atom is -0.435 e. The Balaban J connectivity index is 1.76. The summed E-state index contributed by atoms with van der Waals surface area (Å²) < 4.78 is 7.10. The van der Waals surface area contributed by atoms with Crippen molar-refractivity contribution in [3.63, 3.8) is 0 Å². The number of allylic oxidation sites excluding steroid dienone is 1. The number of ether oxygens (including phenoxy) is 1. The Hall–Kier alpha value is -3.10. The van der Waals surface area contributed by atoms with Crippen LogP contribution in [0.25, 0.3) is 11.0 Å². The van der Waals surface area contributed by atoms with Crippen LogP contribution < -0.4 is 15.6 Å². The van der Waals surface area contributed by atoms with Crippen LogP contribution in [0.3, 0.4) is 0 Å². The number of halogens is 1. The van der Waals surface area contributed by atoms with E-state index in [1.807, 2.05) is 0 Å². The second-order valence-corrected chi connectivity index (χ2v) is 7.24. The molecule has 28 heavy (non-hydrogen) atoms. The summed E-state index contributed by atoms with van der Waals surface area (Å²) in [6.07, 6.45) is 1.53. The van der Waals surface area contributed by atoms with Crippen molar-refractivity contribution in [3.05, 3.63) is 74.9 Å². The van der Waals surface area contributed by atoms with Gasteiger partial charge in [-0.1, -0.05) is 23.7 Å². The van der Waals surface area contributed by atoms with E-state index >= 15 is 0 Å². The Morgan fingerprint density at radius 1 is 1.11 bits per heavy atom. The SMILES string of the molecule is O=C1NC(=O)/C(=C\Cn2c(=O)c(Oc3ccc(Cl)cc3)nc3ccccc32)S1. The van der Waals surface area contributed by atoms with Gasteiger partial charge in [0.2, 0.25) is 0 Å². The van der Waals surface area contributed by atoms with Crippen LogP contribution in [-0.4, -0.2) is 20.7 Å². The lowest BCUT2D eigenvalue weighted by Gasteiger charge is -2.11. The first-order chi connectivity index (χ1) is 13.5. The molecular weight excluding hydrogens is 402 g/mol. The zero-order valence-corrected chi connectivity index (χ0v) is 15.8. The highest BCUT2D eigenvalue weighted by Gasteiger charge is 2.25. The quantitative estimate of drug-likeness (QED) is 0.656. The highest BCUT2D eigenvalue weighted by molar-refractivity contribution is 8.18. The second kappa shape index (κ2) is 7.49. The fourth-order valence-corrected chi connectivity index (χ4v) is 3.44. The van der Waals surface area contributed by atoms with Gasteiger partial charge in [-0.3, -0.25) is 24.3 Å². The van der Waals surface area contributed by atoms with Crippen LogP contribution in [0.2, 0.25) is 5.02 Å². The van der Waals surface area contributed by atoms with E-state index in [1.165, 1.54) is 10.6 Å². The monoisotopic (exact) mass is 413 g/mol. The number of fused-ring (bicyclic) bond motifs is 1. The van der Waals surface area contributed by atoms with Crippen LogP contribution in [0.1, 0.15) is 0 Å². The summed E-state index contributed by atoms with van der Waals surface area (Å²) in [6, 6.07) is 13.7. The van der Waals surface area contributed by atoms with E-state index in [0.29, 0.717) is 21.8 Å². The van der Waals surface area contributed by atoms with Crippen molar-refractivity contribution in [1.82, 2.24) is 14.9 Å². The Labute approximate surface area is 168 Å². The molecule has 1 aliphatic heterocycles. The number of hydrogen-bond donors (Lipinski definition) is 1. The smallest absolute Gasteiger partial charge is 0.314 e. The fourth-order valence-electron chi connectivity index (χ4n) is 2.67. The molecular formula is C19H12ClN3O4S. The number of benzene rings is 2. The topological polar surface area (TPSA) is 90.3 Å². The third-order valence-corrected chi connectivity index (χ3v) is 5.06. The molecule has 0 atom stereocenters. The first-order valence-corrected chi connectivity index (χ1v) is 9.37. The minimum absolute atomic E-state index is 0.0852. The van der Waals surface area contributed by atoms with Gasteiger partial charge in [-0.25, -0.2) is 4.98 Å². The Morgan fingerprint density at radius 3 is 2.57 bits per heavy atom. The average molecular weight is 414 g/mol. The highest BCUT2D eigenvalue weighted by atomic mass is 35.5. The van der Waals surface area contributed by atoms with Crippen LogP contribution in [0, 0.1) is 0 Å². The molecule has 1 aromatic heterocycles. The van der Waals surface area contributed by atoms with Crippen molar-refractivity contribution < 1.29 is 14.3 Å². The average Bonchev–Trinajstić information content (AvgIpc) is 3.01. The van der Waals surface area contributed by atoms with Crippen molar-refractivity contribution >= 4 is 45.5 Å². The van der Waals surface area contributed by atoms with Crippen LogP contribution in [-0.2, 0) is 11.3 Å². The summed E-state index contributed by atoms with van der Waals surface area (Å²) in [6.45, 7) is 0.0852. The number of nitrogens with zero attached hydrogens (tertiary/aromatic N) is 2. The number of carbonyl (C=O) groups excluding carboxylic acids is 2. The molecule has 1 saturated heterocycles. The molecule has 0 unspecified atom stereocenters. The molecule has 2 heterocycles. The molecule has 0 aliphatic carbocycles. The van der Waals surface area contributed by atoms with Crippen LogP contribution >= 0.6 is 23.4 Å². The molecule has 3 aromatic rings. The molecule has 0 bridgehead atoms. The van der Waals surface area contributed by atoms with E-state index in [4.69, 9.17) is 16.3 Å². The molecule has 0 radical (unpaired) electrons. The lowest BCUT2D eigenvalue weighted by molar-refractivity contribution is -0.115. The number of nitrogens with one attached hydrogen (secondary N) is 1. The van der Waals surface area contributed by atoms with Gasteiger partial charge in [0, 0.05) is 11.6 Å². The van der Waals surface area contributed by atoms with Crippen molar-refractivity contribution in [1.29, 1.82) is 0 Å². The summed E-state index contributed by atoms with van der Waals surface area (Å²) in [5.74, 6) is -0.149. The van der Waals surface area contributed by atoms with Crippen molar-refractivity contribution in [3.8, 4) is 11.6 Å². The molecule has 2 aromatic carbocycles. The maximum absolute atomic E-state index is 13.0. The lowest BCUT2D eigenvalue weighted by atomic mass is 10.3. The third-order valence-electron chi connectivity index (χ3n) is 3.95. The summed E-state index contributed by atoms with van der Waals surface area (Å²) >= 11 is 6.67. The minimum atomic E-state index is -0.473. The number of thioether (sulfide) groups is 1. The van der Waals surface area contributed by atoms with Crippen molar-refractivity contribution in [2.75, 3.05) is 0 Å². The highest BCUT2D eigenvalue weighted by Crippen LogP contribution is 2.24. The summed E-state index contributed by atoms with van der Waals surface area (Å²) in [4.78, 5) is 40.6. The lowest BCUT2D eigenvalue weighted by Crippen LogP contribution is -2.23. The predicted octanol–water partition coefficient (Wildman–Crippen LogP) is 3.71. The molecule has 140 valence electrons. The van der Waals surface area contributed by atoms with Gasteiger partial charge in [0.05, 0.1) is 15.9 Å². The first kappa shape index (κ1) is 18.3. The Morgan fingerprint density at radius 2 is 1.86 bits per heavy atom. The summed E-state index contributed by atoms with van der Waals surface area (Å²) in [5.41, 5.74) is 0.687. The molecule has 4 rings (SSSR count). The predicted molar refractivity (Wildman–Crippen MR) is 107 cm³/mol. The van der Waals surface area contributed by atoms with E-state index < -0.39 is 16.7 Å². The molecule has 0 spiro atoms. The zero-order chi connectivity index (χ0) is 19.7. The van der Waals surface area contributed by atoms with Crippen LogP contribution in [0.4, 0.5) is 4.79 Å². The maximum atomic E-state index is 13.0. The third kappa shape index (κ3) is 3.64. The van der Waals surface area contributed by atoms with Gasteiger partial charge in [-0.15, -0.1) is 0 Å². The van der Waals surface area contributed by atoms with E-state index in [-0.39, 0.29) is 17.3 Å². The van der Waals surface area contributed by atoms with Gasteiger partial charge in [0.1, 0.15) is 5.75 Å².